The maximum absolute atomic E-state index is 12.1. The van der Waals surface area contributed by atoms with Crippen molar-refractivity contribution in [3.8, 4) is 11.3 Å². The fraction of sp³-hybridized carbons (Fsp3) is 0.188. The SMILES string of the molecule is CCC(C)=NNc1nc(-c2cc3ccccc3oc2=O)cs1. The molecule has 0 radical (unpaired) electrons. The molecule has 22 heavy (non-hydrogen) atoms. The van der Waals surface area contributed by atoms with Gasteiger partial charge in [-0.1, -0.05) is 25.1 Å². The van der Waals surface area contributed by atoms with Crippen LogP contribution in [0.4, 0.5) is 5.13 Å². The molecule has 0 spiro atoms. The summed E-state index contributed by atoms with van der Waals surface area (Å²) >= 11 is 1.40. The Hall–Kier alpha value is -2.47. The maximum atomic E-state index is 12.1. The molecule has 0 fully saturated rings. The van der Waals surface area contributed by atoms with E-state index in [0.717, 1.165) is 17.5 Å². The van der Waals surface area contributed by atoms with Crippen LogP contribution in [0, 0.1) is 0 Å². The van der Waals surface area contributed by atoms with Crippen molar-refractivity contribution < 1.29 is 4.42 Å². The summed E-state index contributed by atoms with van der Waals surface area (Å²) in [6.07, 6.45) is 0.874. The zero-order chi connectivity index (χ0) is 15.5. The van der Waals surface area contributed by atoms with Gasteiger partial charge >= 0.3 is 5.63 Å². The molecule has 0 unspecified atom stereocenters. The van der Waals surface area contributed by atoms with Crippen molar-refractivity contribution in [3.05, 3.63) is 46.1 Å². The zero-order valence-corrected chi connectivity index (χ0v) is 13.1. The molecule has 1 aromatic carbocycles. The summed E-state index contributed by atoms with van der Waals surface area (Å²) in [7, 11) is 0. The van der Waals surface area contributed by atoms with Crippen molar-refractivity contribution >= 4 is 33.1 Å². The molecule has 5 nitrogen and oxygen atoms in total. The number of thiazole rings is 1. The zero-order valence-electron chi connectivity index (χ0n) is 12.3. The molecule has 0 saturated heterocycles. The molecule has 0 aliphatic carbocycles. The minimum absolute atomic E-state index is 0.385. The van der Waals surface area contributed by atoms with Gasteiger partial charge in [0.15, 0.2) is 0 Å². The first-order chi connectivity index (χ1) is 10.7. The third-order valence-electron chi connectivity index (χ3n) is 3.28. The number of hydrazone groups is 1. The van der Waals surface area contributed by atoms with E-state index in [1.54, 1.807) is 12.1 Å². The Morgan fingerprint density at radius 2 is 2.23 bits per heavy atom. The highest BCUT2D eigenvalue weighted by Crippen LogP contribution is 2.25. The van der Waals surface area contributed by atoms with Crippen LogP contribution in [-0.4, -0.2) is 10.7 Å². The van der Waals surface area contributed by atoms with E-state index < -0.39 is 0 Å². The van der Waals surface area contributed by atoms with E-state index in [2.05, 4.69) is 15.5 Å². The minimum Gasteiger partial charge on any atom is -0.422 e. The Bertz CT molecular complexity index is 896. The van der Waals surface area contributed by atoms with Gasteiger partial charge < -0.3 is 4.42 Å². The number of anilines is 1. The van der Waals surface area contributed by atoms with Crippen LogP contribution in [0.2, 0.25) is 0 Å². The standard InChI is InChI=1S/C16H15N3O2S/c1-3-10(2)18-19-16-17-13(9-22-16)12-8-11-6-4-5-7-14(11)21-15(12)20/h4-9H,3H2,1-2H3,(H,17,19). The van der Waals surface area contributed by atoms with Gasteiger partial charge in [-0.3, -0.25) is 5.43 Å². The van der Waals surface area contributed by atoms with Crippen LogP contribution in [0.25, 0.3) is 22.2 Å². The molecule has 0 aliphatic rings. The first-order valence-corrected chi connectivity index (χ1v) is 7.83. The molecular weight excluding hydrogens is 298 g/mol. The topological polar surface area (TPSA) is 67.5 Å². The summed E-state index contributed by atoms with van der Waals surface area (Å²) in [4.78, 5) is 16.5. The van der Waals surface area contributed by atoms with Crippen molar-refractivity contribution in [2.24, 2.45) is 5.10 Å². The molecule has 1 N–H and O–H groups in total. The molecule has 0 atom stereocenters. The summed E-state index contributed by atoms with van der Waals surface area (Å²) in [6, 6.07) is 9.23. The second-order valence-corrected chi connectivity index (χ2v) is 5.69. The second kappa shape index (κ2) is 6.11. The predicted octanol–water partition coefficient (Wildman–Crippen LogP) is 4.11. The number of nitrogens with one attached hydrogen (secondary N) is 1. The average molecular weight is 313 g/mol. The van der Waals surface area contributed by atoms with Gasteiger partial charge in [0.05, 0.1) is 11.3 Å². The largest absolute Gasteiger partial charge is 0.422 e. The quantitative estimate of drug-likeness (QED) is 0.447. The number of aromatic nitrogens is 1. The average Bonchev–Trinajstić information content (AvgIpc) is 3.00. The Morgan fingerprint density at radius 3 is 3.05 bits per heavy atom. The monoisotopic (exact) mass is 313 g/mol. The molecule has 2 aromatic heterocycles. The van der Waals surface area contributed by atoms with Crippen molar-refractivity contribution in [1.29, 1.82) is 0 Å². The van der Waals surface area contributed by atoms with Crippen LogP contribution in [0.5, 0.6) is 0 Å². The van der Waals surface area contributed by atoms with Crippen LogP contribution in [0.15, 0.2) is 50.0 Å². The third kappa shape index (κ3) is 2.92. The van der Waals surface area contributed by atoms with E-state index in [9.17, 15) is 4.79 Å². The van der Waals surface area contributed by atoms with Gasteiger partial charge in [0.25, 0.3) is 0 Å². The predicted molar refractivity (Wildman–Crippen MR) is 90.6 cm³/mol. The summed E-state index contributed by atoms with van der Waals surface area (Å²) in [5.74, 6) is 0. The van der Waals surface area contributed by atoms with Gasteiger partial charge in [0.1, 0.15) is 5.58 Å². The van der Waals surface area contributed by atoms with Gasteiger partial charge in [0, 0.05) is 16.5 Å². The lowest BCUT2D eigenvalue weighted by molar-refractivity contribution is 0.563. The summed E-state index contributed by atoms with van der Waals surface area (Å²) in [5, 5.41) is 7.55. The molecule has 112 valence electrons. The van der Waals surface area contributed by atoms with E-state index in [-0.39, 0.29) is 5.63 Å². The Kier molecular flexibility index (Phi) is 4.02. The number of benzene rings is 1. The third-order valence-corrected chi connectivity index (χ3v) is 4.02. The Labute approximate surface area is 131 Å². The van der Waals surface area contributed by atoms with E-state index in [0.29, 0.717) is 22.0 Å². The normalized spacial score (nSPS) is 11.8. The van der Waals surface area contributed by atoms with Gasteiger partial charge in [-0.05, 0) is 25.5 Å². The van der Waals surface area contributed by atoms with Gasteiger partial charge in [-0.25, -0.2) is 9.78 Å². The molecule has 6 heteroatoms. The van der Waals surface area contributed by atoms with E-state index in [4.69, 9.17) is 4.42 Å². The number of para-hydroxylation sites is 1. The molecule has 0 bridgehead atoms. The van der Waals surface area contributed by atoms with E-state index >= 15 is 0 Å². The fourth-order valence-electron chi connectivity index (χ4n) is 1.91. The van der Waals surface area contributed by atoms with Crippen LogP contribution < -0.4 is 11.1 Å². The van der Waals surface area contributed by atoms with Gasteiger partial charge in [-0.2, -0.15) is 5.10 Å². The maximum Gasteiger partial charge on any atom is 0.345 e. The first-order valence-electron chi connectivity index (χ1n) is 6.95. The number of hydrogen-bond donors (Lipinski definition) is 1. The van der Waals surface area contributed by atoms with E-state index in [1.807, 2.05) is 37.4 Å². The van der Waals surface area contributed by atoms with Crippen molar-refractivity contribution in [2.75, 3.05) is 5.43 Å². The molecule has 3 rings (SSSR count). The molecule has 3 aromatic rings. The first kappa shape index (κ1) is 14.5. The van der Waals surface area contributed by atoms with Crippen molar-refractivity contribution in [1.82, 2.24) is 4.98 Å². The lowest BCUT2D eigenvalue weighted by Gasteiger charge is -1.99. The summed E-state index contributed by atoms with van der Waals surface area (Å²) < 4.78 is 5.33. The highest BCUT2D eigenvalue weighted by Gasteiger charge is 2.11. The molecule has 0 amide bonds. The van der Waals surface area contributed by atoms with Crippen LogP contribution in [0.1, 0.15) is 20.3 Å². The highest BCUT2D eigenvalue weighted by molar-refractivity contribution is 7.14. The van der Waals surface area contributed by atoms with E-state index in [1.165, 1.54) is 11.3 Å². The van der Waals surface area contributed by atoms with Crippen LogP contribution >= 0.6 is 11.3 Å². The minimum atomic E-state index is -0.385. The van der Waals surface area contributed by atoms with Crippen LogP contribution in [0.3, 0.4) is 0 Å². The summed E-state index contributed by atoms with van der Waals surface area (Å²) in [6.45, 7) is 3.98. The molecular formula is C16H15N3O2S. The van der Waals surface area contributed by atoms with Crippen LogP contribution in [-0.2, 0) is 0 Å². The van der Waals surface area contributed by atoms with Gasteiger partial charge in [-0.15, -0.1) is 11.3 Å². The number of hydrogen-bond acceptors (Lipinski definition) is 6. The van der Waals surface area contributed by atoms with Crippen molar-refractivity contribution in [2.45, 2.75) is 20.3 Å². The molecule has 0 aliphatic heterocycles. The Balaban J connectivity index is 1.96. The lowest BCUT2D eigenvalue weighted by Crippen LogP contribution is -2.03. The highest BCUT2D eigenvalue weighted by atomic mass is 32.1. The smallest absolute Gasteiger partial charge is 0.345 e. The lowest BCUT2D eigenvalue weighted by atomic mass is 10.1. The van der Waals surface area contributed by atoms with Crippen molar-refractivity contribution in [3.63, 3.8) is 0 Å². The number of fused-ring (bicyclic) bond motifs is 1. The molecule has 2 heterocycles. The number of rotatable bonds is 4. The second-order valence-electron chi connectivity index (χ2n) is 4.84. The molecule has 0 saturated carbocycles. The summed E-state index contributed by atoms with van der Waals surface area (Å²) in [5.41, 5.74) is 5.14. The number of nitrogens with zero attached hydrogens (tertiary/aromatic N) is 2. The fourth-order valence-corrected chi connectivity index (χ4v) is 2.56. The Morgan fingerprint density at radius 1 is 1.41 bits per heavy atom. The van der Waals surface area contributed by atoms with Gasteiger partial charge in [0.2, 0.25) is 5.13 Å².